The van der Waals surface area contributed by atoms with Crippen molar-refractivity contribution >= 4 is 16.7 Å². The molecule has 0 saturated carbocycles. The number of morpholine rings is 1. The second-order valence-electron chi connectivity index (χ2n) is 6.53. The molecule has 0 amide bonds. The zero-order chi connectivity index (χ0) is 16.8. The van der Waals surface area contributed by atoms with Crippen molar-refractivity contribution in [1.82, 2.24) is 15.1 Å². The number of rotatable bonds is 2. The average Bonchev–Trinajstić information content (AvgIpc) is 3.08. The van der Waals surface area contributed by atoms with Gasteiger partial charge in [-0.05, 0) is 45.4 Å². The molecular formula is C18H22N4O2. The Bertz CT molecular complexity index is 876. The highest BCUT2D eigenvalue weighted by molar-refractivity contribution is 5.94. The van der Waals surface area contributed by atoms with Crippen LogP contribution in [0.15, 0.2) is 16.7 Å². The van der Waals surface area contributed by atoms with E-state index in [1.165, 1.54) is 0 Å². The van der Waals surface area contributed by atoms with Gasteiger partial charge in [0.1, 0.15) is 17.1 Å². The van der Waals surface area contributed by atoms with E-state index in [9.17, 15) is 0 Å². The number of nitrogens with one attached hydrogen (secondary N) is 1. The summed E-state index contributed by atoms with van der Waals surface area (Å²) in [5.74, 6) is 1.76. The molecule has 0 spiro atoms. The van der Waals surface area contributed by atoms with E-state index >= 15 is 0 Å². The zero-order valence-electron chi connectivity index (χ0n) is 14.5. The quantitative estimate of drug-likeness (QED) is 0.782. The summed E-state index contributed by atoms with van der Waals surface area (Å²) in [6, 6.07) is 4.66. The first-order chi connectivity index (χ1) is 11.5. The van der Waals surface area contributed by atoms with E-state index in [1.807, 2.05) is 20.8 Å². The molecule has 24 heavy (non-hydrogen) atoms. The first-order valence-corrected chi connectivity index (χ1v) is 8.32. The predicted octanol–water partition coefficient (Wildman–Crippen LogP) is 3.37. The summed E-state index contributed by atoms with van der Waals surface area (Å²) >= 11 is 0. The van der Waals surface area contributed by atoms with Gasteiger partial charge in [0.05, 0.1) is 30.1 Å². The molecule has 6 nitrogen and oxygen atoms in total. The van der Waals surface area contributed by atoms with Crippen molar-refractivity contribution in [3.8, 4) is 11.1 Å². The molecule has 2 aromatic heterocycles. The Morgan fingerprint density at radius 3 is 2.79 bits per heavy atom. The van der Waals surface area contributed by atoms with E-state index in [1.54, 1.807) is 0 Å². The molecule has 4 rings (SSSR count). The third kappa shape index (κ3) is 2.38. The Morgan fingerprint density at radius 2 is 2.08 bits per heavy atom. The van der Waals surface area contributed by atoms with E-state index in [0.29, 0.717) is 6.04 Å². The van der Waals surface area contributed by atoms with Gasteiger partial charge in [0.15, 0.2) is 0 Å². The van der Waals surface area contributed by atoms with E-state index in [0.717, 1.165) is 64.9 Å². The number of benzene rings is 1. The summed E-state index contributed by atoms with van der Waals surface area (Å²) in [5.41, 5.74) is 6.27. The van der Waals surface area contributed by atoms with Gasteiger partial charge in [-0.1, -0.05) is 5.16 Å². The fraction of sp³-hybridized carbons (Fsp3) is 0.444. The van der Waals surface area contributed by atoms with Crippen molar-refractivity contribution in [2.45, 2.75) is 33.7 Å². The van der Waals surface area contributed by atoms with Crippen molar-refractivity contribution in [3.05, 3.63) is 29.4 Å². The van der Waals surface area contributed by atoms with Crippen LogP contribution in [0.25, 0.3) is 22.2 Å². The summed E-state index contributed by atoms with van der Waals surface area (Å²) < 4.78 is 11.0. The largest absolute Gasteiger partial charge is 0.377 e. The molecule has 3 heterocycles. The van der Waals surface area contributed by atoms with Crippen LogP contribution in [0, 0.1) is 20.8 Å². The number of hydrogen-bond acceptors (Lipinski definition) is 5. The second kappa shape index (κ2) is 5.63. The number of fused-ring (bicyclic) bond motifs is 1. The maximum Gasteiger partial charge on any atom is 0.141 e. The molecule has 0 bridgehead atoms. The van der Waals surface area contributed by atoms with Crippen LogP contribution in [0.5, 0.6) is 0 Å². The topological polar surface area (TPSA) is 67.2 Å². The molecule has 1 saturated heterocycles. The summed E-state index contributed by atoms with van der Waals surface area (Å²) in [7, 11) is 0. The fourth-order valence-corrected chi connectivity index (χ4v) is 3.57. The van der Waals surface area contributed by atoms with Crippen LogP contribution < -0.4 is 4.90 Å². The standard InChI is InChI=1S/C18H22N4O2/c1-10-9-23-6-5-22(10)16-8-14(17-11(2)21-24-12(17)3)7-15-18(16)20-13(4)19-15/h7-8,10H,5-6,9H2,1-4H3,(H,19,20). The lowest BCUT2D eigenvalue weighted by atomic mass is 10.0. The Labute approximate surface area is 140 Å². The second-order valence-corrected chi connectivity index (χ2v) is 6.53. The molecule has 0 aliphatic carbocycles. The van der Waals surface area contributed by atoms with E-state index in [4.69, 9.17) is 14.2 Å². The van der Waals surface area contributed by atoms with Gasteiger partial charge in [0.2, 0.25) is 0 Å². The van der Waals surface area contributed by atoms with Crippen molar-refractivity contribution in [2.75, 3.05) is 24.7 Å². The molecule has 3 aromatic rings. The smallest absolute Gasteiger partial charge is 0.141 e. The van der Waals surface area contributed by atoms with Crippen molar-refractivity contribution < 1.29 is 9.26 Å². The number of aromatic amines is 1. The maximum atomic E-state index is 5.60. The third-order valence-corrected chi connectivity index (χ3v) is 4.68. The maximum absolute atomic E-state index is 5.60. The van der Waals surface area contributed by atoms with Gasteiger partial charge < -0.3 is 19.1 Å². The number of aromatic nitrogens is 3. The Kier molecular flexibility index (Phi) is 3.57. The van der Waals surface area contributed by atoms with Gasteiger partial charge in [-0.3, -0.25) is 0 Å². The Hall–Kier alpha value is -2.34. The van der Waals surface area contributed by atoms with Crippen LogP contribution in [0.1, 0.15) is 24.2 Å². The first kappa shape index (κ1) is 15.2. The highest BCUT2D eigenvalue weighted by Crippen LogP contribution is 2.36. The zero-order valence-corrected chi connectivity index (χ0v) is 14.5. The minimum absolute atomic E-state index is 0.318. The minimum atomic E-state index is 0.318. The number of ether oxygens (including phenoxy) is 1. The van der Waals surface area contributed by atoms with Gasteiger partial charge >= 0.3 is 0 Å². The Balaban J connectivity index is 1.94. The van der Waals surface area contributed by atoms with Crippen LogP contribution in [0.2, 0.25) is 0 Å². The third-order valence-electron chi connectivity index (χ3n) is 4.68. The van der Waals surface area contributed by atoms with Gasteiger partial charge in [-0.15, -0.1) is 0 Å². The SMILES string of the molecule is Cc1nc2c(N3CCOCC3C)cc(-c3c(C)noc3C)cc2[nH]1. The van der Waals surface area contributed by atoms with Crippen LogP contribution in [0.4, 0.5) is 5.69 Å². The number of H-pyrrole nitrogens is 1. The Morgan fingerprint density at radius 1 is 1.25 bits per heavy atom. The number of hydrogen-bond donors (Lipinski definition) is 1. The monoisotopic (exact) mass is 326 g/mol. The highest BCUT2D eigenvalue weighted by Gasteiger charge is 2.24. The van der Waals surface area contributed by atoms with Gasteiger partial charge in [-0.2, -0.15) is 0 Å². The first-order valence-electron chi connectivity index (χ1n) is 8.32. The van der Waals surface area contributed by atoms with E-state index in [-0.39, 0.29) is 0 Å². The number of imidazole rings is 1. The molecule has 6 heteroatoms. The summed E-state index contributed by atoms with van der Waals surface area (Å²) in [5, 5.41) is 4.10. The van der Waals surface area contributed by atoms with Crippen LogP contribution in [-0.4, -0.2) is 40.9 Å². The molecular weight excluding hydrogens is 304 g/mol. The normalized spacial score (nSPS) is 18.5. The molecule has 1 aliphatic heterocycles. The summed E-state index contributed by atoms with van der Waals surface area (Å²) in [4.78, 5) is 10.5. The average molecular weight is 326 g/mol. The minimum Gasteiger partial charge on any atom is -0.377 e. The number of nitrogens with zero attached hydrogens (tertiary/aromatic N) is 3. The van der Waals surface area contributed by atoms with Crippen molar-refractivity contribution in [1.29, 1.82) is 0 Å². The summed E-state index contributed by atoms with van der Waals surface area (Å²) in [6.07, 6.45) is 0. The molecule has 1 N–H and O–H groups in total. The molecule has 1 unspecified atom stereocenters. The summed E-state index contributed by atoms with van der Waals surface area (Å²) in [6.45, 7) is 10.5. The van der Waals surface area contributed by atoms with Crippen LogP contribution in [0.3, 0.4) is 0 Å². The molecule has 1 aromatic carbocycles. The van der Waals surface area contributed by atoms with Crippen molar-refractivity contribution in [2.24, 2.45) is 0 Å². The van der Waals surface area contributed by atoms with Crippen molar-refractivity contribution in [3.63, 3.8) is 0 Å². The van der Waals surface area contributed by atoms with Gasteiger partial charge in [-0.25, -0.2) is 4.98 Å². The number of aryl methyl sites for hydroxylation is 3. The number of anilines is 1. The van der Waals surface area contributed by atoms with Gasteiger partial charge in [0, 0.05) is 18.2 Å². The molecule has 1 fully saturated rings. The lowest BCUT2D eigenvalue weighted by molar-refractivity contribution is 0.0991. The lowest BCUT2D eigenvalue weighted by Gasteiger charge is -2.35. The molecule has 126 valence electrons. The van der Waals surface area contributed by atoms with E-state index in [2.05, 4.69) is 34.1 Å². The molecule has 1 aliphatic rings. The van der Waals surface area contributed by atoms with Crippen LogP contribution >= 0.6 is 0 Å². The van der Waals surface area contributed by atoms with Crippen LogP contribution in [-0.2, 0) is 4.74 Å². The highest BCUT2D eigenvalue weighted by atomic mass is 16.5. The fourth-order valence-electron chi connectivity index (χ4n) is 3.57. The van der Waals surface area contributed by atoms with E-state index < -0.39 is 0 Å². The molecule has 1 atom stereocenters. The predicted molar refractivity (Wildman–Crippen MR) is 93.4 cm³/mol. The molecule has 0 radical (unpaired) electrons. The van der Waals surface area contributed by atoms with Gasteiger partial charge in [0.25, 0.3) is 0 Å². The lowest BCUT2D eigenvalue weighted by Crippen LogP contribution is -2.43.